The smallest absolute Gasteiger partial charge is 0.251 e. The zero-order valence-corrected chi connectivity index (χ0v) is 18.4. The van der Waals surface area contributed by atoms with Gasteiger partial charge < -0.3 is 14.8 Å². The normalized spacial score (nSPS) is 12.3. The van der Waals surface area contributed by atoms with Crippen LogP contribution in [0.2, 0.25) is 0 Å². The lowest BCUT2D eigenvalue weighted by Gasteiger charge is -2.08. The number of nitrogens with one attached hydrogen (secondary N) is 1. The molecule has 0 radical (unpaired) electrons. The highest BCUT2D eigenvalue weighted by Crippen LogP contribution is 2.36. The molecule has 8 heteroatoms. The summed E-state index contributed by atoms with van der Waals surface area (Å²) in [4.78, 5) is 17.5. The molecule has 2 aromatic heterocycles. The maximum atomic E-state index is 12.7. The second-order valence-electron chi connectivity index (χ2n) is 7.31. The molecule has 0 saturated heterocycles. The van der Waals surface area contributed by atoms with Crippen molar-refractivity contribution in [2.24, 2.45) is 0 Å². The minimum atomic E-state index is -0.145. The molecular formula is C24H22N4O3S. The molecule has 0 aliphatic carbocycles. The maximum Gasteiger partial charge on any atom is 0.251 e. The number of nitrogens with zero attached hydrogens (tertiary/aromatic N) is 3. The van der Waals surface area contributed by atoms with E-state index in [0.29, 0.717) is 17.1 Å². The fourth-order valence-corrected chi connectivity index (χ4v) is 4.25. The van der Waals surface area contributed by atoms with Crippen LogP contribution >= 0.6 is 11.8 Å². The molecule has 1 aliphatic heterocycles. The monoisotopic (exact) mass is 446 g/mol. The number of benzene rings is 2. The number of hydrogen-bond acceptors (Lipinski definition) is 6. The summed E-state index contributed by atoms with van der Waals surface area (Å²) in [6, 6.07) is 18.9. The first-order valence-corrected chi connectivity index (χ1v) is 11.5. The Morgan fingerprint density at radius 1 is 1.09 bits per heavy atom. The van der Waals surface area contributed by atoms with Crippen LogP contribution in [0.1, 0.15) is 29.4 Å². The van der Waals surface area contributed by atoms with Gasteiger partial charge in [0.2, 0.25) is 6.79 Å². The third-order valence-electron chi connectivity index (χ3n) is 5.10. The first-order chi connectivity index (χ1) is 15.7. The van der Waals surface area contributed by atoms with Gasteiger partial charge in [-0.25, -0.2) is 9.50 Å². The maximum absolute atomic E-state index is 12.7. The van der Waals surface area contributed by atoms with Crippen LogP contribution in [0.25, 0.3) is 16.9 Å². The van der Waals surface area contributed by atoms with Crippen LogP contribution in [0.3, 0.4) is 0 Å². The predicted molar refractivity (Wildman–Crippen MR) is 123 cm³/mol. The number of imidazole rings is 1. The number of carbonyl (C=O) groups excluding carboxylic acids is 1. The lowest BCUT2D eigenvalue weighted by Crippen LogP contribution is -2.24. The molecule has 7 nitrogen and oxygen atoms in total. The number of aromatic nitrogens is 3. The SMILES string of the molecule is CCCSc1ccc2nc(-c3ccc4c(c3)OCO4)c(CNC(=O)c3ccccc3)n2n1. The second-order valence-corrected chi connectivity index (χ2v) is 8.43. The van der Waals surface area contributed by atoms with Crippen molar-refractivity contribution in [3.8, 4) is 22.8 Å². The van der Waals surface area contributed by atoms with Crippen molar-refractivity contribution in [3.05, 3.63) is 71.9 Å². The standard InChI is InChI=1S/C24H22N4O3S/c1-2-12-32-22-11-10-21-26-23(17-8-9-19-20(13-17)31-15-30-19)18(28(21)27-22)14-25-24(29)16-6-4-3-5-7-16/h3-11,13H,2,12,14-15H2,1H3,(H,25,29). The lowest BCUT2D eigenvalue weighted by atomic mass is 10.1. The molecule has 1 aliphatic rings. The average molecular weight is 447 g/mol. The zero-order valence-electron chi connectivity index (χ0n) is 17.6. The molecule has 1 N–H and O–H groups in total. The predicted octanol–water partition coefficient (Wildman–Crippen LogP) is 4.56. The molecule has 5 rings (SSSR count). The highest BCUT2D eigenvalue weighted by molar-refractivity contribution is 7.99. The fraction of sp³-hybridized carbons (Fsp3) is 0.208. The quantitative estimate of drug-likeness (QED) is 0.420. The third-order valence-corrected chi connectivity index (χ3v) is 6.22. The summed E-state index contributed by atoms with van der Waals surface area (Å²) in [6.45, 7) is 2.64. The van der Waals surface area contributed by atoms with Crippen molar-refractivity contribution < 1.29 is 14.3 Å². The van der Waals surface area contributed by atoms with Crippen LogP contribution in [0, 0.1) is 0 Å². The van der Waals surface area contributed by atoms with Gasteiger partial charge in [0.1, 0.15) is 5.03 Å². The van der Waals surface area contributed by atoms with E-state index in [1.807, 2.05) is 53.0 Å². The third kappa shape index (κ3) is 4.01. The number of amides is 1. The minimum Gasteiger partial charge on any atom is -0.454 e. The van der Waals surface area contributed by atoms with Gasteiger partial charge in [-0.2, -0.15) is 5.10 Å². The van der Waals surface area contributed by atoms with Crippen LogP contribution in [0.4, 0.5) is 0 Å². The summed E-state index contributed by atoms with van der Waals surface area (Å²) < 4.78 is 12.8. The van der Waals surface area contributed by atoms with E-state index in [4.69, 9.17) is 19.6 Å². The van der Waals surface area contributed by atoms with Crippen molar-refractivity contribution in [2.45, 2.75) is 24.9 Å². The summed E-state index contributed by atoms with van der Waals surface area (Å²) in [5.74, 6) is 2.25. The molecule has 0 spiro atoms. The van der Waals surface area contributed by atoms with Gasteiger partial charge in [-0.15, -0.1) is 11.8 Å². The van der Waals surface area contributed by atoms with E-state index in [1.165, 1.54) is 0 Å². The van der Waals surface area contributed by atoms with Gasteiger partial charge in [0.15, 0.2) is 17.1 Å². The molecule has 0 atom stereocenters. The van der Waals surface area contributed by atoms with Crippen LogP contribution in [-0.2, 0) is 6.54 Å². The molecule has 162 valence electrons. The van der Waals surface area contributed by atoms with Crippen LogP contribution < -0.4 is 14.8 Å². The lowest BCUT2D eigenvalue weighted by molar-refractivity contribution is 0.0950. The van der Waals surface area contributed by atoms with Gasteiger partial charge in [0.25, 0.3) is 5.91 Å². The Bertz CT molecular complexity index is 1270. The first kappa shape index (κ1) is 20.4. The fourth-order valence-electron chi connectivity index (χ4n) is 3.54. The van der Waals surface area contributed by atoms with Crippen LogP contribution in [0.15, 0.2) is 65.7 Å². The summed E-state index contributed by atoms with van der Waals surface area (Å²) in [5, 5.41) is 8.73. The van der Waals surface area contributed by atoms with Crippen molar-refractivity contribution in [1.82, 2.24) is 19.9 Å². The highest BCUT2D eigenvalue weighted by Gasteiger charge is 2.20. The molecular weight excluding hydrogens is 424 g/mol. The topological polar surface area (TPSA) is 77.8 Å². The molecule has 0 fully saturated rings. The molecule has 0 saturated carbocycles. The number of fused-ring (bicyclic) bond motifs is 2. The Morgan fingerprint density at radius 2 is 1.94 bits per heavy atom. The van der Waals surface area contributed by atoms with Crippen molar-refractivity contribution in [2.75, 3.05) is 12.5 Å². The number of rotatable bonds is 7. The summed E-state index contributed by atoms with van der Waals surface area (Å²) in [5.41, 5.74) is 3.77. The Morgan fingerprint density at radius 3 is 2.78 bits per heavy atom. The van der Waals surface area contributed by atoms with Gasteiger partial charge in [-0.05, 0) is 54.6 Å². The number of carbonyl (C=O) groups is 1. The Balaban J connectivity index is 1.53. The average Bonchev–Trinajstić information content (AvgIpc) is 3.45. The molecule has 32 heavy (non-hydrogen) atoms. The van der Waals surface area contributed by atoms with Crippen LogP contribution in [0.5, 0.6) is 11.5 Å². The molecule has 2 aromatic carbocycles. The van der Waals surface area contributed by atoms with E-state index in [0.717, 1.165) is 39.8 Å². The first-order valence-electron chi connectivity index (χ1n) is 10.5. The Labute approximate surface area is 189 Å². The van der Waals surface area contributed by atoms with Gasteiger partial charge in [-0.3, -0.25) is 4.79 Å². The van der Waals surface area contributed by atoms with Crippen molar-refractivity contribution in [1.29, 1.82) is 0 Å². The second kappa shape index (κ2) is 8.92. The van der Waals surface area contributed by atoms with Gasteiger partial charge in [-0.1, -0.05) is 25.1 Å². The summed E-state index contributed by atoms with van der Waals surface area (Å²) in [6.07, 6.45) is 1.07. The summed E-state index contributed by atoms with van der Waals surface area (Å²) in [7, 11) is 0. The molecule has 3 heterocycles. The van der Waals surface area contributed by atoms with E-state index >= 15 is 0 Å². The van der Waals surface area contributed by atoms with Crippen molar-refractivity contribution >= 4 is 23.3 Å². The minimum absolute atomic E-state index is 0.145. The van der Waals surface area contributed by atoms with E-state index in [1.54, 1.807) is 23.9 Å². The van der Waals surface area contributed by atoms with Crippen LogP contribution in [-0.4, -0.2) is 33.1 Å². The van der Waals surface area contributed by atoms with Gasteiger partial charge in [0, 0.05) is 11.1 Å². The zero-order chi connectivity index (χ0) is 21.9. The highest BCUT2D eigenvalue weighted by atomic mass is 32.2. The largest absolute Gasteiger partial charge is 0.454 e. The molecule has 1 amide bonds. The van der Waals surface area contributed by atoms with E-state index in [-0.39, 0.29) is 19.2 Å². The Hall–Kier alpha value is -3.52. The Kier molecular flexibility index (Phi) is 5.68. The molecule has 0 bridgehead atoms. The number of ether oxygens (including phenoxy) is 2. The molecule has 0 unspecified atom stereocenters. The van der Waals surface area contributed by atoms with E-state index < -0.39 is 0 Å². The van der Waals surface area contributed by atoms with Gasteiger partial charge >= 0.3 is 0 Å². The van der Waals surface area contributed by atoms with E-state index in [2.05, 4.69) is 12.2 Å². The number of hydrogen-bond donors (Lipinski definition) is 1. The number of thioether (sulfide) groups is 1. The van der Waals surface area contributed by atoms with Gasteiger partial charge in [0.05, 0.1) is 17.9 Å². The van der Waals surface area contributed by atoms with Crippen molar-refractivity contribution in [3.63, 3.8) is 0 Å². The summed E-state index contributed by atoms with van der Waals surface area (Å²) >= 11 is 1.70. The molecule has 4 aromatic rings. The van der Waals surface area contributed by atoms with E-state index in [9.17, 15) is 4.79 Å².